The number of carbonyl (C=O) groups is 1. The number of nitrogens with zero attached hydrogens (tertiary/aromatic N) is 1. The molecule has 0 aromatic rings. The summed E-state index contributed by atoms with van der Waals surface area (Å²) in [5.41, 5.74) is 0. The summed E-state index contributed by atoms with van der Waals surface area (Å²) in [5, 5.41) is 2.63. The van der Waals surface area contributed by atoms with Crippen LogP contribution in [-0.2, 0) is 15.0 Å². The second-order valence-corrected chi connectivity index (χ2v) is 6.54. The van der Waals surface area contributed by atoms with E-state index in [0.717, 1.165) is 19.3 Å². The molecule has 7 heteroatoms. The molecule has 18 heavy (non-hydrogen) atoms. The molecule has 106 valence electrons. The number of hydrogen-bond donors (Lipinski definition) is 2. The van der Waals surface area contributed by atoms with Crippen LogP contribution in [-0.4, -0.2) is 44.8 Å². The lowest BCUT2D eigenvalue weighted by atomic mass is 10.0. The summed E-state index contributed by atoms with van der Waals surface area (Å²) in [5.74, 6) is 0.0923. The minimum atomic E-state index is -3.51. The van der Waals surface area contributed by atoms with Crippen molar-refractivity contribution in [3.05, 3.63) is 0 Å². The van der Waals surface area contributed by atoms with E-state index in [2.05, 4.69) is 10.0 Å². The van der Waals surface area contributed by atoms with Gasteiger partial charge in [0.25, 0.3) is 10.2 Å². The Morgan fingerprint density at radius 1 is 1.44 bits per heavy atom. The fourth-order valence-corrected chi connectivity index (χ4v) is 3.26. The van der Waals surface area contributed by atoms with Crippen molar-refractivity contribution in [2.75, 3.05) is 26.2 Å². The highest BCUT2D eigenvalue weighted by molar-refractivity contribution is 7.87. The van der Waals surface area contributed by atoms with Crippen molar-refractivity contribution in [2.24, 2.45) is 5.92 Å². The van der Waals surface area contributed by atoms with Crippen molar-refractivity contribution in [3.8, 4) is 0 Å². The molecule has 0 radical (unpaired) electrons. The average Bonchev–Trinajstić information content (AvgIpc) is 2.34. The standard InChI is InChI=1S/C11H23N3O3S/c1-3-6-12-11(15)8-13-18(16,17)14-7-4-5-10(2)9-14/h10,13H,3-9H2,1-2H3,(H,12,15)/t10-/m0/s1. The lowest BCUT2D eigenvalue weighted by Gasteiger charge is -2.29. The van der Waals surface area contributed by atoms with Crippen LogP contribution in [0.1, 0.15) is 33.1 Å². The molecule has 1 rings (SSSR count). The quantitative estimate of drug-likeness (QED) is 0.721. The number of hydrogen-bond acceptors (Lipinski definition) is 3. The summed E-state index contributed by atoms with van der Waals surface area (Å²) in [6.45, 7) is 5.44. The third kappa shape index (κ3) is 4.91. The number of carbonyl (C=O) groups excluding carboxylic acids is 1. The summed E-state index contributed by atoms with van der Waals surface area (Å²) in [6.07, 6.45) is 2.77. The fourth-order valence-electron chi connectivity index (χ4n) is 1.94. The molecule has 1 atom stereocenters. The van der Waals surface area contributed by atoms with Gasteiger partial charge >= 0.3 is 0 Å². The predicted octanol–water partition coefficient (Wildman–Crippen LogP) is 0.0789. The van der Waals surface area contributed by atoms with Crippen LogP contribution in [0.5, 0.6) is 0 Å². The van der Waals surface area contributed by atoms with Gasteiger partial charge in [0.05, 0.1) is 6.54 Å². The van der Waals surface area contributed by atoms with Crippen LogP contribution in [0, 0.1) is 5.92 Å². The summed E-state index contributed by atoms with van der Waals surface area (Å²) >= 11 is 0. The van der Waals surface area contributed by atoms with Gasteiger partial charge in [0.2, 0.25) is 5.91 Å². The van der Waals surface area contributed by atoms with Crippen LogP contribution in [0.2, 0.25) is 0 Å². The van der Waals surface area contributed by atoms with Crippen LogP contribution >= 0.6 is 0 Å². The van der Waals surface area contributed by atoms with Crippen LogP contribution in [0.15, 0.2) is 0 Å². The first kappa shape index (κ1) is 15.4. The van der Waals surface area contributed by atoms with E-state index in [1.807, 2.05) is 13.8 Å². The largest absolute Gasteiger partial charge is 0.355 e. The Kier molecular flexibility index (Phi) is 6.04. The van der Waals surface area contributed by atoms with Gasteiger partial charge in [-0.1, -0.05) is 13.8 Å². The highest BCUT2D eigenvalue weighted by Crippen LogP contribution is 2.17. The van der Waals surface area contributed by atoms with Crippen LogP contribution < -0.4 is 10.0 Å². The molecule has 1 aliphatic heterocycles. The maximum absolute atomic E-state index is 11.9. The molecule has 0 bridgehead atoms. The molecular weight excluding hydrogens is 254 g/mol. The Balaban J connectivity index is 2.41. The molecule has 6 nitrogen and oxygen atoms in total. The number of piperidine rings is 1. The van der Waals surface area contributed by atoms with E-state index >= 15 is 0 Å². The molecule has 2 N–H and O–H groups in total. The topological polar surface area (TPSA) is 78.5 Å². The summed E-state index contributed by atoms with van der Waals surface area (Å²) in [4.78, 5) is 11.3. The van der Waals surface area contributed by atoms with Crippen LogP contribution in [0.4, 0.5) is 0 Å². The SMILES string of the molecule is CCCNC(=O)CNS(=O)(=O)N1CCC[C@H](C)C1. The van der Waals surface area contributed by atoms with Gasteiger partial charge in [0.15, 0.2) is 0 Å². The first-order valence-corrected chi connectivity index (χ1v) is 7.91. The molecule has 0 saturated carbocycles. The monoisotopic (exact) mass is 277 g/mol. The normalized spacial score (nSPS) is 21.8. The second kappa shape index (κ2) is 7.06. The van der Waals surface area contributed by atoms with E-state index in [-0.39, 0.29) is 12.5 Å². The molecule has 1 amide bonds. The molecule has 0 aliphatic carbocycles. The Morgan fingerprint density at radius 2 is 2.17 bits per heavy atom. The van der Waals surface area contributed by atoms with E-state index in [1.165, 1.54) is 4.31 Å². The van der Waals surface area contributed by atoms with Crippen molar-refractivity contribution >= 4 is 16.1 Å². The third-order valence-corrected chi connectivity index (χ3v) is 4.47. The molecule has 0 aromatic carbocycles. The molecule has 0 aromatic heterocycles. The zero-order valence-corrected chi connectivity index (χ0v) is 11.9. The summed E-state index contributed by atoms with van der Waals surface area (Å²) in [7, 11) is -3.51. The van der Waals surface area contributed by atoms with Crippen molar-refractivity contribution in [3.63, 3.8) is 0 Å². The van der Waals surface area contributed by atoms with E-state index in [1.54, 1.807) is 0 Å². The van der Waals surface area contributed by atoms with Gasteiger partial charge in [-0.25, -0.2) is 0 Å². The maximum Gasteiger partial charge on any atom is 0.279 e. The Morgan fingerprint density at radius 3 is 2.78 bits per heavy atom. The molecular formula is C11H23N3O3S. The minimum absolute atomic E-state index is 0.187. The fraction of sp³-hybridized carbons (Fsp3) is 0.909. The summed E-state index contributed by atoms with van der Waals surface area (Å²) < 4.78 is 27.7. The molecule has 0 unspecified atom stereocenters. The van der Waals surface area contributed by atoms with Crippen molar-refractivity contribution in [2.45, 2.75) is 33.1 Å². The van der Waals surface area contributed by atoms with Gasteiger partial charge in [-0.05, 0) is 25.2 Å². The lowest BCUT2D eigenvalue weighted by Crippen LogP contribution is -2.48. The average molecular weight is 277 g/mol. The first-order chi connectivity index (χ1) is 8.45. The highest BCUT2D eigenvalue weighted by atomic mass is 32.2. The Labute approximate surface area is 109 Å². The zero-order valence-electron chi connectivity index (χ0n) is 11.1. The molecule has 1 aliphatic rings. The van der Waals surface area contributed by atoms with Gasteiger partial charge in [0, 0.05) is 19.6 Å². The van der Waals surface area contributed by atoms with Gasteiger partial charge in [-0.2, -0.15) is 17.4 Å². The number of amides is 1. The first-order valence-electron chi connectivity index (χ1n) is 6.47. The molecule has 1 fully saturated rings. The highest BCUT2D eigenvalue weighted by Gasteiger charge is 2.26. The Bertz CT molecular complexity index is 370. The number of nitrogens with one attached hydrogen (secondary N) is 2. The molecule has 1 heterocycles. The molecule has 1 saturated heterocycles. The molecule has 0 spiro atoms. The lowest BCUT2D eigenvalue weighted by molar-refractivity contribution is -0.119. The van der Waals surface area contributed by atoms with Gasteiger partial charge < -0.3 is 5.32 Å². The zero-order chi connectivity index (χ0) is 13.6. The van der Waals surface area contributed by atoms with Crippen molar-refractivity contribution < 1.29 is 13.2 Å². The second-order valence-electron chi connectivity index (χ2n) is 4.78. The van der Waals surface area contributed by atoms with Crippen molar-refractivity contribution in [1.82, 2.24) is 14.3 Å². The van der Waals surface area contributed by atoms with E-state index in [0.29, 0.717) is 25.6 Å². The van der Waals surface area contributed by atoms with Crippen molar-refractivity contribution in [1.29, 1.82) is 0 Å². The minimum Gasteiger partial charge on any atom is -0.355 e. The maximum atomic E-state index is 11.9. The van der Waals surface area contributed by atoms with Crippen LogP contribution in [0.25, 0.3) is 0 Å². The van der Waals surface area contributed by atoms with Gasteiger partial charge in [-0.3, -0.25) is 4.79 Å². The van der Waals surface area contributed by atoms with Gasteiger partial charge in [-0.15, -0.1) is 0 Å². The van der Waals surface area contributed by atoms with Crippen LogP contribution in [0.3, 0.4) is 0 Å². The summed E-state index contributed by atoms with van der Waals surface area (Å²) in [6, 6.07) is 0. The smallest absolute Gasteiger partial charge is 0.279 e. The van der Waals surface area contributed by atoms with E-state index in [9.17, 15) is 13.2 Å². The van der Waals surface area contributed by atoms with E-state index in [4.69, 9.17) is 0 Å². The van der Waals surface area contributed by atoms with Gasteiger partial charge in [0.1, 0.15) is 0 Å². The predicted molar refractivity (Wildman–Crippen MR) is 70.2 cm³/mol. The Hall–Kier alpha value is -0.660. The number of rotatable bonds is 6. The van der Waals surface area contributed by atoms with E-state index < -0.39 is 10.2 Å². The third-order valence-electron chi connectivity index (χ3n) is 2.95.